The van der Waals surface area contributed by atoms with Gasteiger partial charge in [-0.2, -0.15) is 0 Å². The summed E-state index contributed by atoms with van der Waals surface area (Å²) in [6.45, 7) is -0.295. The molecule has 0 aliphatic heterocycles. The molecule has 0 radical (unpaired) electrons. The summed E-state index contributed by atoms with van der Waals surface area (Å²) in [7, 11) is 0. The number of carbonyl (C=O) groups is 4. The van der Waals surface area contributed by atoms with E-state index in [9.17, 15) is 34.5 Å². The van der Waals surface area contributed by atoms with Crippen LogP contribution in [0.1, 0.15) is 0 Å². The van der Waals surface area contributed by atoms with Crippen LogP contribution >= 0.6 is 0 Å². The van der Waals surface area contributed by atoms with E-state index in [0.717, 1.165) is 4.90 Å². The molecule has 15 nitrogen and oxygen atoms in total. The largest absolute Gasteiger partial charge is 1.00 e. The van der Waals surface area contributed by atoms with Gasteiger partial charge >= 0.3 is 94.6 Å². The summed E-state index contributed by atoms with van der Waals surface area (Å²) in [5.41, 5.74) is 10.2. The third kappa shape index (κ3) is 36.8. The van der Waals surface area contributed by atoms with Gasteiger partial charge in [-0.05, 0) is 0 Å². The first-order valence-corrected chi connectivity index (χ1v) is 10.0. The Morgan fingerprint density at radius 3 is 1.33 bits per heavy atom. The van der Waals surface area contributed by atoms with Crippen LogP contribution in [0, 0.1) is 0 Å². The van der Waals surface area contributed by atoms with Gasteiger partial charge in [0.2, 0.25) is 0 Å². The van der Waals surface area contributed by atoms with Crippen molar-refractivity contribution < 1.29 is 142 Å². The number of hydrogen-bond donors (Lipinski definition) is 3. The summed E-state index contributed by atoms with van der Waals surface area (Å²) in [5.74, 6) is -5.04. The van der Waals surface area contributed by atoms with Crippen LogP contribution in [0.5, 0.6) is 0 Å². The second-order valence-electron chi connectivity index (χ2n) is 6.28. The minimum absolute atomic E-state index is 0. The molecule has 0 aromatic rings. The molecule has 18 heteroatoms. The van der Waals surface area contributed by atoms with E-state index in [4.69, 9.17) is 26.0 Å². The number of nitrogens with two attached hydrogens (primary N) is 2. The number of carbonyl (C=O) groups excluding carboxylic acids is 4. The van der Waals surface area contributed by atoms with Gasteiger partial charge in [-0.15, -0.1) is 0 Å². The number of carboxylic acids is 3. The monoisotopic (exact) mass is 550 g/mol. The average molecular weight is 550 g/mol. The second kappa shape index (κ2) is 33.6. The fourth-order valence-electron chi connectivity index (χ4n) is 2.12. The van der Waals surface area contributed by atoms with Gasteiger partial charge in [-0.25, -0.2) is 0 Å². The molecule has 0 amide bonds. The number of carboxylic acid groups (broad SMARTS) is 3. The van der Waals surface area contributed by atoms with Crippen molar-refractivity contribution in [1.82, 2.24) is 9.80 Å². The van der Waals surface area contributed by atoms with E-state index in [2.05, 4.69) is 4.74 Å². The Labute approximate surface area is 277 Å². The number of aliphatic hydroxyl groups excluding tert-OH is 1. The number of esters is 1. The van der Waals surface area contributed by atoms with Crippen LogP contribution in [0.15, 0.2) is 0 Å². The van der Waals surface area contributed by atoms with Gasteiger partial charge in [0.25, 0.3) is 0 Å². The van der Waals surface area contributed by atoms with Crippen LogP contribution in [-0.4, -0.2) is 131 Å². The molecule has 0 saturated heterocycles. The quantitative estimate of drug-likeness (QED) is 0.0723. The smallest absolute Gasteiger partial charge is 0.549 e. The fraction of sp³-hybridized carbons (Fsp3) is 0.778. The summed E-state index contributed by atoms with van der Waals surface area (Å²) in [4.78, 5) is 45.3. The van der Waals surface area contributed by atoms with E-state index in [1.165, 1.54) is 4.90 Å². The molecule has 0 rings (SSSR count). The van der Waals surface area contributed by atoms with Crippen molar-refractivity contribution in [1.29, 1.82) is 0 Å². The van der Waals surface area contributed by atoms with E-state index < -0.39 is 43.5 Å². The molecule has 0 unspecified atom stereocenters. The van der Waals surface area contributed by atoms with Gasteiger partial charge in [0.1, 0.15) is 6.61 Å². The summed E-state index contributed by atoms with van der Waals surface area (Å²) >= 11 is 0. The Kier molecular flexibility index (Phi) is 43.4. The van der Waals surface area contributed by atoms with Crippen molar-refractivity contribution >= 4 is 23.9 Å². The second-order valence-corrected chi connectivity index (χ2v) is 6.28. The molecule has 0 aromatic carbocycles. The van der Waals surface area contributed by atoms with Crippen LogP contribution in [0.4, 0.5) is 0 Å². The predicted molar refractivity (Wildman–Crippen MR) is 106 cm³/mol. The summed E-state index contributed by atoms with van der Waals surface area (Å²) < 4.78 is 14.7. The molecule has 36 heavy (non-hydrogen) atoms. The molecular formula is C18H33N4Na3O11. The molecule has 0 aromatic heterocycles. The molecule has 0 fully saturated rings. The van der Waals surface area contributed by atoms with Crippen molar-refractivity contribution in [2.45, 2.75) is 0 Å². The van der Waals surface area contributed by atoms with E-state index in [0.29, 0.717) is 26.3 Å². The van der Waals surface area contributed by atoms with E-state index in [1.54, 1.807) is 0 Å². The summed E-state index contributed by atoms with van der Waals surface area (Å²) in [6, 6.07) is 0. The van der Waals surface area contributed by atoms with Gasteiger partial charge in [0, 0.05) is 45.8 Å². The first-order chi connectivity index (χ1) is 15.7. The molecule has 0 spiro atoms. The number of nitrogens with zero attached hydrogens (tertiary/aromatic N) is 2. The zero-order valence-corrected chi connectivity index (χ0v) is 27.5. The first kappa shape index (κ1) is 46.5. The standard InChI is InChI=1S/C14H24N2O10.C4H12N2O.3Na/c17-3-6-26-14(24)10-16(9-13(22)23)2-5-25-4-1-15(7-11(18)19)8-12(20)21;5-1-3-7-4-2-6;;;/h17H,1-10H2,(H,18,19)(H,20,21)(H,22,23);1-6H2;;;/q;;3*+1/p-3. The van der Waals surface area contributed by atoms with Gasteiger partial charge < -0.3 is 60.5 Å². The van der Waals surface area contributed by atoms with Crippen molar-refractivity contribution in [3.8, 4) is 0 Å². The molecule has 0 heterocycles. The maximum Gasteiger partial charge on any atom is 1.00 e. The molecule has 0 aliphatic rings. The van der Waals surface area contributed by atoms with Crippen molar-refractivity contribution in [2.24, 2.45) is 11.5 Å². The Balaban J connectivity index is -0.000000280. The number of rotatable bonds is 20. The minimum Gasteiger partial charge on any atom is -0.549 e. The average Bonchev–Trinajstić information content (AvgIpc) is 2.71. The Hall–Kier alpha value is 0.600. The van der Waals surface area contributed by atoms with Gasteiger partial charge in [-0.3, -0.25) is 14.6 Å². The topological polar surface area (TPSA) is 244 Å². The number of aliphatic hydroxyl groups is 1. The fourth-order valence-corrected chi connectivity index (χ4v) is 2.12. The predicted octanol–water partition coefficient (Wildman–Crippen LogP) is -16.7. The van der Waals surface area contributed by atoms with Crippen LogP contribution in [0.2, 0.25) is 0 Å². The van der Waals surface area contributed by atoms with Crippen LogP contribution in [-0.2, 0) is 33.4 Å². The van der Waals surface area contributed by atoms with Crippen LogP contribution in [0.25, 0.3) is 0 Å². The summed E-state index contributed by atoms with van der Waals surface area (Å²) in [6.07, 6.45) is 0. The number of aliphatic carboxylic acids is 3. The maximum atomic E-state index is 11.4. The normalized spacial score (nSPS) is 9.69. The molecule has 5 N–H and O–H groups in total. The Morgan fingerprint density at radius 2 is 1.00 bits per heavy atom. The first-order valence-electron chi connectivity index (χ1n) is 10.0. The van der Waals surface area contributed by atoms with Crippen LogP contribution < -0.4 is 115 Å². The molecular weight excluding hydrogens is 517 g/mol. The Bertz CT molecular complexity index is 546. The minimum atomic E-state index is -1.45. The molecule has 0 saturated carbocycles. The van der Waals surface area contributed by atoms with Gasteiger partial charge in [0.15, 0.2) is 0 Å². The van der Waals surface area contributed by atoms with Crippen molar-refractivity contribution in [3.63, 3.8) is 0 Å². The zero-order valence-electron chi connectivity index (χ0n) is 21.5. The van der Waals surface area contributed by atoms with E-state index in [-0.39, 0.29) is 135 Å². The number of ether oxygens (including phenoxy) is 3. The van der Waals surface area contributed by atoms with E-state index in [1.807, 2.05) is 0 Å². The Morgan fingerprint density at radius 1 is 0.639 bits per heavy atom. The van der Waals surface area contributed by atoms with Crippen molar-refractivity contribution in [2.75, 3.05) is 92.0 Å². The maximum absolute atomic E-state index is 11.4. The van der Waals surface area contributed by atoms with Gasteiger partial charge in [-0.1, -0.05) is 0 Å². The molecule has 0 bridgehead atoms. The number of hydrogen-bond acceptors (Lipinski definition) is 15. The third-order valence-corrected chi connectivity index (χ3v) is 3.39. The molecule has 194 valence electrons. The third-order valence-electron chi connectivity index (χ3n) is 3.39. The molecule has 0 aliphatic carbocycles. The van der Waals surface area contributed by atoms with Gasteiger partial charge in [0.05, 0.1) is 57.5 Å². The SMILES string of the molecule is NCCOCCN.O=C([O-])CN(CCOCCN(CC(=O)[O-])CC(=O)OCCO)CC(=O)[O-].[Na+].[Na+].[Na+]. The molecule has 0 atom stereocenters. The van der Waals surface area contributed by atoms with E-state index >= 15 is 0 Å². The van der Waals surface area contributed by atoms with Crippen LogP contribution in [0.3, 0.4) is 0 Å². The zero-order chi connectivity index (χ0) is 25.5. The van der Waals surface area contributed by atoms with Crippen molar-refractivity contribution in [3.05, 3.63) is 0 Å². The summed E-state index contributed by atoms with van der Waals surface area (Å²) in [5, 5.41) is 40.3.